The van der Waals surface area contributed by atoms with Gasteiger partial charge in [-0.2, -0.15) is 0 Å². The minimum absolute atomic E-state index is 0.130. The van der Waals surface area contributed by atoms with Crippen molar-refractivity contribution in [2.24, 2.45) is 0 Å². The van der Waals surface area contributed by atoms with Gasteiger partial charge in [0, 0.05) is 6.54 Å². The van der Waals surface area contributed by atoms with E-state index in [0.717, 1.165) is 11.1 Å². The number of aromatic nitrogens is 2. The molecule has 29 heavy (non-hydrogen) atoms. The van der Waals surface area contributed by atoms with Crippen molar-refractivity contribution >= 4 is 18.5 Å². The lowest BCUT2D eigenvalue weighted by atomic mass is 9.76. The number of benzene rings is 1. The lowest BCUT2D eigenvalue weighted by Crippen LogP contribution is -2.30. The summed E-state index contributed by atoms with van der Waals surface area (Å²) in [6.45, 7) is 10.5. The molecular formula is C20H30BN3O5. The second-order valence-electron chi connectivity index (χ2n) is 5.95. The van der Waals surface area contributed by atoms with Gasteiger partial charge in [0.1, 0.15) is 11.4 Å². The third-order valence-corrected chi connectivity index (χ3v) is 3.67. The van der Waals surface area contributed by atoms with Crippen LogP contribution in [-0.2, 0) is 11.3 Å². The van der Waals surface area contributed by atoms with Crippen LogP contribution in [0.3, 0.4) is 0 Å². The molecule has 1 aliphatic heterocycles. The number of aliphatic hydroxyl groups is 1. The average molecular weight is 403 g/mol. The van der Waals surface area contributed by atoms with Gasteiger partial charge in [-0.05, 0) is 29.6 Å². The quantitative estimate of drug-likeness (QED) is 0.654. The summed E-state index contributed by atoms with van der Waals surface area (Å²) in [5, 5.41) is 21.0. The fourth-order valence-corrected chi connectivity index (χ4v) is 2.46. The molecule has 8 nitrogen and oxygen atoms in total. The van der Waals surface area contributed by atoms with Crippen molar-refractivity contribution in [1.82, 2.24) is 15.3 Å². The van der Waals surface area contributed by atoms with Crippen LogP contribution in [0.15, 0.2) is 24.5 Å². The maximum atomic E-state index is 11.7. The number of carbonyl (C=O) groups excluding carboxylic acids is 1. The molecule has 0 atom stereocenters. The molecule has 0 unspecified atom stereocenters. The molecule has 158 valence electrons. The normalized spacial score (nSPS) is 11.5. The van der Waals surface area contributed by atoms with Crippen molar-refractivity contribution in [2.45, 2.75) is 47.6 Å². The number of hydrogen-bond acceptors (Lipinski definition) is 7. The van der Waals surface area contributed by atoms with E-state index < -0.39 is 13.0 Å². The number of hydrogen-bond donors (Lipinski definition) is 3. The standard InChI is InChI=1S/C15H16BN3O5.C3H8.C2H6/c1-9-12(3-2-10-8-23-16(22)14(9)10)24-13-7-18-11(6-19-13)15(21)17-4-5-20;1-3-2;1-2/h2-3,6-7,20,22H,4-5,8H2,1H3,(H,17,21);3H2,1-2H3;1-2H3. The number of nitrogens with zero attached hydrogens (tertiary/aromatic N) is 2. The number of fused-ring (bicyclic) bond motifs is 1. The molecular weight excluding hydrogens is 373 g/mol. The number of nitrogens with one attached hydrogen (secondary N) is 1. The van der Waals surface area contributed by atoms with Gasteiger partial charge in [-0.3, -0.25) is 4.79 Å². The van der Waals surface area contributed by atoms with Crippen LogP contribution in [0.4, 0.5) is 0 Å². The van der Waals surface area contributed by atoms with Gasteiger partial charge >= 0.3 is 7.12 Å². The summed E-state index contributed by atoms with van der Waals surface area (Å²) in [6.07, 6.45) is 3.89. The van der Waals surface area contributed by atoms with E-state index in [9.17, 15) is 9.82 Å². The molecule has 2 heterocycles. The van der Waals surface area contributed by atoms with Crippen LogP contribution in [0.5, 0.6) is 11.6 Å². The van der Waals surface area contributed by atoms with Crippen molar-refractivity contribution in [3.05, 3.63) is 41.3 Å². The molecule has 0 saturated carbocycles. The second-order valence-corrected chi connectivity index (χ2v) is 5.95. The van der Waals surface area contributed by atoms with Gasteiger partial charge < -0.3 is 24.8 Å². The molecule has 2 aromatic rings. The molecule has 1 aromatic carbocycles. The molecule has 0 radical (unpaired) electrons. The molecule has 0 aliphatic carbocycles. The summed E-state index contributed by atoms with van der Waals surface area (Å²) in [7, 11) is -0.952. The monoisotopic (exact) mass is 403 g/mol. The van der Waals surface area contributed by atoms with Crippen LogP contribution < -0.4 is 15.5 Å². The Morgan fingerprint density at radius 3 is 2.55 bits per heavy atom. The lowest BCUT2D eigenvalue weighted by Gasteiger charge is -2.11. The van der Waals surface area contributed by atoms with E-state index in [1.54, 1.807) is 6.07 Å². The van der Waals surface area contributed by atoms with Crippen molar-refractivity contribution < 1.29 is 24.3 Å². The number of rotatable bonds is 5. The Balaban J connectivity index is 0.000000771. The Bertz CT molecular complexity index is 771. The number of ether oxygens (including phenoxy) is 1. The summed E-state index contributed by atoms with van der Waals surface area (Å²) in [4.78, 5) is 19.7. The van der Waals surface area contributed by atoms with E-state index in [2.05, 4.69) is 29.1 Å². The summed E-state index contributed by atoms with van der Waals surface area (Å²) in [5.74, 6) is 0.340. The van der Waals surface area contributed by atoms with Crippen LogP contribution >= 0.6 is 0 Å². The maximum Gasteiger partial charge on any atom is 0.492 e. The third kappa shape index (κ3) is 6.81. The number of aliphatic hydroxyl groups excluding tert-OH is 1. The van der Waals surface area contributed by atoms with Crippen LogP contribution in [-0.4, -0.2) is 46.3 Å². The Morgan fingerprint density at radius 2 is 1.97 bits per heavy atom. The fourth-order valence-electron chi connectivity index (χ4n) is 2.46. The fraction of sp³-hybridized carbons (Fsp3) is 0.450. The van der Waals surface area contributed by atoms with Gasteiger partial charge in [-0.25, -0.2) is 9.97 Å². The van der Waals surface area contributed by atoms with E-state index in [1.165, 1.54) is 18.8 Å². The van der Waals surface area contributed by atoms with Crippen molar-refractivity contribution in [3.8, 4) is 11.6 Å². The topological polar surface area (TPSA) is 114 Å². The third-order valence-electron chi connectivity index (χ3n) is 3.67. The maximum absolute atomic E-state index is 11.7. The molecule has 0 spiro atoms. The Morgan fingerprint density at radius 1 is 1.28 bits per heavy atom. The summed E-state index contributed by atoms with van der Waals surface area (Å²) < 4.78 is 10.9. The zero-order valence-electron chi connectivity index (χ0n) is 17.7. The lowest BCUT2D eigenvalue weighted by molar-refractivity contribution is 0.0939. The van der Waals surface area contributed by atoms with Crippen molar-refractivity contribution in [1.29, 1.82) is 0 Å². The van der Waals surface area contributed by atoms with E-state index in [-0.39, 0.29) is 24.7 Å². The molecule has 3 rings (SSSR count). The number of carbonyl (C=O) groups is 1. The highest BCUT2D eigenvalue weighted by Crippen LogP contribution is 2.25. The Kier molecular flexibility index (Phi) is 10.9. The molecule has 1 aromatic heterocycles. The Hall–Kier alpha value is -2.49. The minimum atomic E-state index is -0.952. The molecule has 3 N–H and O–H groups in total. The zero-order valence-corrected chi connectivity index (χ0v) is 17.7. The van der Waals surface area contributed by atoms with Crippen LogP contribution in [0.1, 0.15) is 55.7 Å². The first-order chi connectivity index (χ1) is 14.0. The summed E-state index contributed by atoms with van der Waals surface area (Å²) >= 11 is 0. The molecule has 0 saturated heterocycles. The number of amides is 1. The summed E-state index contributed by atoms with van der Waals surface area (Å²) in [5.41, 5.74) is 2.53. The van der Waals surface area contributed by atoms with Crippen LogP contribution in [0.25, 0.3) is 0 Å². The molecule has 9 heteroatoms. The van der Waals surface area contributed by atoms with E-state index in [1.807, 2.05) is 26.8 Å². The molecule has 1 amide bonds. The highest BCUT2D eigenvalue weighted by atomic mass is 16.5. The van der Waals surface area contributed by atoms with Crippen LogP contribution in [0.2, 0.25) is 0 Å². The van der Waals surface area contributed by atoms with Crippen LogP contribution in [0, 0.1) is 6.92 Å². The summed E-state index contributed by atoms with van der Waals surface area (Å²) in [6, 6.07) is 3.61. The van der Waals surface area contributed by atoms with Gasteiger partial charge in [0.2, 0.25) is 5.88 Å². The zero-order chi connectivity index (χ0) is 21.8. The molecule has 0 bridgehead atoms. The predicted molar refractivity (Wildman–Crippen MR) is 112 cm³/mol. The van der Waals surface area contributed by atoms with Gasteiger partial charge in [-0.1, -0.05) is 40.2 Å². The van der Waals surface area contributed by atoms with E-state index in [4.69, 9.17) is 14.5 Å². The van der Waals surface area contributed by atoms with Gasteiger partial charge in [0.05, 0.1) is 25.6 Å². The van der Waals surface area contributed by atoms with Crippen molar-refractivity contribution in [3.63, 3.8) is 0 Å². The Labute approximate surface area is 172 Å². The largest absolute Gasteiger partial charge is 0.492 e. The second kappa shape index (κ2) is 12.9. The molecule has 0 fully saturated rings. The van der Waals surface area contributed by atoms with Crippen molar-refractivity contribution in [2.75, 3.05) is 13.2 Å². The molecule has 1 aliphatic rings. The predicted octanol–water partition coefficient (Wildman–Crippen LogP) is 1.96. The van der Waals surface area contributed by atoms with E-state index >= 15 is 0 Å². The highest BCUT2D eigenvalue weighted by molar-refractivity contribution is 6.62. The average Bonchev–Trinajstić information content (AvgIpc) is 3.12. The van der Waals surface area contributed by atoms with Gasteiger partial charge in [0.25, 0.3) is 5.91 Å². The first-order valence-electron chi connectivity index (χ1n) is 9.82. The SMILES string of the molecule is CC.CCC.Cc1c(Oc2cnc(C(=O)NCCO)cn2)ccc2c1B(O)OC2. The van der Waals surface area contributed by atoms with Gasteiger partial charge in [0.15, 0.2) is 0 Å². The minimum Gasteiger partial charge on any atom is -0.437 e. The smallest absolute Gasteiger partial charge is 0.437 e. The first kappa shape index (κ1) is 24.6. The van der Waals surface area contributed by atoms with Gasteiger partial charge in [-0.15, -0.1) is 0 Å². The highest BCUT2D eigenvalue weighted by Gasteiger charge is 2.30. The van der Waals surface area contributed by atoms with E-state index in [0.29, 0.717) is 17.8 Å². The first-order valence-corrected chi connectivity index (χ1v) is 9.82.